The van der Waals surface area contributed by atoms with E-state index >= 15 is 0 Å². The summed E-state index contributed by atoms with van der Waals surface area (Å²) in [6, 6.07) is 6.51. The molecule has 0 aliphatic heterocycles. The van der Waals surface area contributed by atoms with Crippen molar-refractivity contribution in [3.63, 3.8) is 0 Å². The second-order valence-corrected chi connectivity index (χ2v) is 5.55. The van der Waals surface area contributed by atoms with E-state index in [0.717, 1.165) is 5.56 Å². The summed E-state index contributed by atoms with van der Waals surface area (Å²) in [6.45, 7) is 6.48. The highest BCUT2D eigenvalue weighted by molar-refractivity contribution is 5.78. The van der Waals surface area contributed by atoms with Gasteiger partial charge in [0.15, 0.2) is 0 Å². The van der Waals surface area contributed by atoms with E-state index in [1.807, 2.05) is 0 Å². The minimum Gasteiger partial charge on any atom is -0.479 e. The molecule has 21 heavy (non-hydrogen) atoms. The summed E-state index contributed by atoms with van der Waals surface area (Å²) < 4.78 is 38.6. The molecule has 0 spiro atoms. The number of alkyl halides is 3. The second kappa shape index (κ2) is 5.52. The molecular weight excluding hydrogens is 285 g/mol. The van der Waals surface area contributed by atoms with Gasteiger partial charge < -0.3 is 10.2 Å². The van der Waals surface area contributed by atoms with Gasteiger partial charge in [-0.3, -0.25) is 0 Å². The normalized spacial score (nSPS) is 15.3. The third kappa shape index (κ3) is 3.44. The third-order valence-electron chi connectivity index (χ3n) is 3.45. The minimum atomic E-state index is -5.25. The standard InChI is InChI=1S/C15H17F3O3/c1-4-10-5-7-11(8-6-10)13(2,3)9-14(21,12(19)20)15(16,17)18/h4-8,21H,1,9H2,2-3H3,(H,19,20). The lowest BCUT2D eigenvalue weighted by Crippen LogP contribution is -2.55. The number of carbonyl (C=O) groups is 1. The number of aliphatic carboxylic acids is 1. The summed E-state index contributed by atoms with van der Waals surface area (Å²) in [5, 5.41) is 18.4. The van der Waals surface area contributed by atoms with Crippen molar-refractivity contribution in [3.05, 3.63) is 42.0 Å². The average Bonchev–Trinajstić information content (AvgIpc) is 2.36. The van der Waals surface area contributed by atoms with Crippen LogP contribution >= 0.6 is 0 Å². The van der Waals surface area contributed by atoms with Crippen LogP contribution in [-0.2, 0) is 10.2 Å². The van der Waals surface area contributed by atoms with Crippen LogP contribution in [0.3, 0.4) is 0 Å². The van der Waals surface area contributed by atoms with Crippen LogP contribution in [0, 0.1) is 0 Å². The fourth-order valence-electron chi connectivity index (χ4n) is 2.11. The van der Waals surface area contributed by atoms with Crippen LogP contribution in [0.15, 0.2) is 30.8 Å². The van der Waals surface area contributed by atoms with Gasteiger partial charge in [-0.2, -0.15) is 13.2 Å². The van der Waals surface area contributed by atoms with Gasteiger partial charge in [-0.15, -0.1) is 0 Å². The summed E-state index contributed by atoms with van der Waals surface area (Å²) >= 11 is 0. The molecule has 2 N–H and O–H groups in total. The molecule has 116 valence electrons. The van der Waals surface area contributed by atoms with Crippen molar-refractivity contribution in [1.82, 2.24) is 0 Å². The van der Waals surface area contributed by atoms with Crippen molar-refractivity contribution in [2.75, 3.05) is 0 Å². The van der Waals surface area contributed by atoms with Crippen LogP contribution in [-0.4, -0.2) is 28.0 Å². The van der Waals surface area contributed by atoms with Gasteiger partial charge in [-0.25, -0.2) is 4.79 Å². The van der Waals surface area contributed by atoms with Crippen LogP contribution in [0.5, 0.6) is 0 Å². The molecule has 0 aliphatic carbocycles. The first-order chi connectivity index (χ1) is 9.44. The molecular formula is C15H17F3O3. The predicted molar refractivity (Wildman–Crippen MR) is 72.8 cm³/mol. The molecule has 0 amide bonds. The average molecular weight is 302 g/mol. The maximum atomic E-state index is 12.9. The molecule has 1 unspecified atom stereocenters. The van der Waals surface area contributed by atoms with Gasteiger partial charge >= 0.3 is 12.1 Å². The van der Waals surface area contributed by atoms with Crippen molar-refractivity contribution < 1.29 is 28.2 Å². The molecule has 1 rings (SSSR count). The zero-order valence-corrected chi connectivity index (χ0v) is 11.7. The number of hydrogen-bond donors (Lipinski definition) is 2. The maximum Gasteiger partial charge on any atom is 0.428 e. The van der Waals surface area contributed by atoms with Gasteiger partial charge in [0.1, 0.15) is 0 Å². The molecule has 0 aliphatic rings. The SMILES string of the molecule is C=Cc1ccc(C(C)(C)CC(O)(C(=O)O)C(F)(F)F)cc1. The summed E-state index contributed by atoms with van der Waals surface area (Å²) in [5.74, 6) is -2.30. The van der Waals surface area contributed by atoms with Gasteiger partial charge in [-0.1, -0.05) is 50.8 Å². The first-order valence-corrected chi connectivity index (χ1v) is 6.19. The van der Waals surface area contributed by atoms with Crippen LogP contribution < -0.4 is 0 Å². The molecule has 0 bridgehead atoms. The Morgan fingerprint density at radius 3 is 2.05 bits per heavy atom. The summed E-state index contributed by atoms with van der Waals surface area (Å²) in [5.41, 5.74) is -3.67. The number of carboxylic acid groups (broad SMARTS) is 1. The number of rotatable bonds is 5. The maximum absolute atomic E-state index is 12.9. The van der Waals surface area contributed by atoms with Crippen LogP contribution in [0.25, 0.3) is 6.08 Å². The number of hydrogen-bond acceptors (Lipinski definition) is 2. The Morgan fingerprint density at radius 1 is 1.24 bits per heavy atom. The molecule has 1 aromatic rings. The van der Waals surface area contributed by atoms with Gasteiger partial charge in [0.25, 0.3) is 5.60 Å². The van der Waals surface area contributed by atoms with Crippen LogP contribution in [0.1, 0.15) is 31.4 Å². The molecule has 1 aromatic carbocycles. The Morgan fingerprint density at radius 2 is 1.71 bits per heavy atom. The lowest BCUT2D eigenvalue weighted by atomic mass is 9.74. The summed E-state index contributed by atoms with van der Waals surface area (Å²) in [7, 11) is 0. The van der Waals surface area contributed by atoms with Gasteiger partial charge in [0, 0.05) is 6.42 Å². The lowest BCUT2D eigenvalue weighted by molar-refractivity contribution is -0.265. The van der Waals surface area contributed by atoms with Crippen LogP contribution in [0.2, 0.25) is 0 Å². The van der Waals surface area contributed by atoms with E-state index in [2.05, 4.69) is 6.58 Å². The molecule has 3 nitrogen and oxygen atoms in total. The largest absolute Gasteiger partial charge is 0.479 e. The third-order valence-corrected chi connectivity index (χ3v) is 3.45. The summed E-state index contributed by atoms with van der Waals surface area (Å²) in [6.07, 6.45) is -4.65. The van der Waals surface area contributed by atoms with Gasteiger partial charge in [-0.05, 0) is 16.5 Å². The van der Waals surface area contributed by atoms with E-state index in [1.165, 1.54) is 13.8 Å². The summed E-state index contributed by atoms with van der Waals surface area (Å²) in [4.78, 5) is 10.9. The van der Waals surface area contributed by atoms with E-state index in [-0.39, 0.29) is 0 Å². The highest BCUT2D eigenvalue weighted by Crippen LogP contribution is 2.41. The molecule has 6 heteroatoms. The van der Waals surface area contributed by atoms with Crippen LogP contribution in [0.4, 0.5) is 13.2 Å². The molecule has 0 saturated carbocycles. The van der Waals surface area contributed by atoms with Crippen molar-refractivity contribution in [2.24, 2.45) is 0 Å². The number of benzene rings is 1. The van der Waals surface area contributed by atoms with Gasteiger partial charge in [0.2, 0.25) is 0 Å². The zero-order chi connectivity index (χ0) is 16.5. The number of carboxylic acids is 1. The van der Waals surface area contributed by atoms with Gasteiger partial charge in [0.05, 0.1) is 0 Å². The first-order valence-electron chi connectivity index (χ1n) is 6.19. The van der Waals surface area contributed by atoms with E-state index in [4.69, 9.17) is 5.11 Å². The van der Waals surface area contributed by atoms with Crippen molar-refractivity contribution in [3.8, 4) is 0 Å². The predicted octanol–water partition coefficient (Wildman–Crippen LogP) is 3.38. The molecule has 0 heterocycles. The molecule has 0 fully saturated rings. The Kier molecular flexibility index (Phi) is 4.53. The monoisotopic (exact) mass is 302 g/mol. The molecule has 1 atom stereocenters. The van der Waals surface area contributed by atoms with E-state index in [1.54, 1.807) is 30.3 Å². The highest BCUT2D eigenvalue weighted by Gasteiger charge is 2.61. The highest BCUT2D eigenvalue weighted by atomic mass is 19.4. The Labute approximate surface area is 120 Å². The van der Waals surface area contributed by atoms with Crippen molar-refractivity contribution in [2.45, 2.75) is 37.5 Å². The molecule has 0 saturated heterocycles. The Balaban J connectivity index is 3.17. The van der Waals surface area contributed by atoms with E-state index in [9.17, 15) is 23.1 Å². The minimum absolute atomic E-state index is 0.497. The fraction of sp³-hybridized carbons (Fsp3) is 0.400. The van der Waals surface area contributed by atoms with E-state index in [0.29, 0.717) is 5.56 Å². The van der Waals surface area contributed by atoms with Crippen molar-refractivity contribution in [1.29, 1.82) is 0 Å². The quantitative estimate of drug-likeness (QED) is 0.876. The fourth-order valence-corrected chi connectivity index (χ4v) is 2.11. The first kappa shape index (κ1) is 17.2. The number of halogens is 3. The molecule has 0 aromatic heterocycles. The Hall–Kier alpha value is -1.82. The topological polar surface area (TPSA) is 57.5 Å². The second-order valence-electron chi connectivity index (χ2n) is 5.55. The number of aliphatic hydroxyl groups is 1. The molecule has 0 radical (unpaired) electrons. The van der Waals surface area contributed by atoms with E-state index < -0.39 is 29.6 Å². The zero-order valence-electron chi connectivity index (χ0n) is 11.7. The van der Waals surface area contributed by atoms with Crippen molar-refractivity contribution >= 4 is 12.0 Å². The lowest BCUT2D eigenvalue weighted by Gasteiger charge is -2.35. The smallest absolute Gasteiger partial charge is 0.428 e. The Bertz CT molecular complexity index is 532.